The van der Waals surface area contributed by atoms with E-state index in [1.54, 1.807) is 13.2 Å². The van der Waals surface area contributed by atoms with E-state index in [1.165, 1.54) is 19.2 Å². The number of carbonyl (C=O) groups excluding carboxylic acids is 1. The average molecular weight is 268 g/mol. The Balaban J connectivity index is 2.81. The highest BCUT2D eigenvalue weighted by atomic mass is 16.5. The number of rotatable bonds is 7. The first-order chi connectivity index (χ1) is 9.12. The van der Waals surface area contributed by atoms with E-state index in [9.17, 15) is 9.90 Å². The number of aromatic hydroxyl groups is 1. The molecule has 19 heavy (non-hydrogen) atoms. The number of benzene rings is 1. The Labute approximate surface area is 112 Å². The molecule has 1 atom stereocenters. The second kappa shape index (κ2) is 7.60. The lowest BCUT2D eigenvalue weighted by molar-refractivity contribution is 0.0890. The zero-order valence-corrected chi connectivity index (χ0v) is 11.2. The first-order valence-corrected chi connectivity index (χ1v) is 5.99. The predicted octanol–water partition coefficient (Wildman–Crippen LogP) is 0.494. The molecule has 0 saturated heterocycles. The van der Waals surface area contributed by atoms with Gasteiger partial charge in [0.2, 0.25) is 0 Å². The summed E-state index contributed by atoms with van der Waals surface area (Å²) in [4.78, 5) is 12.1. The van der Waals surface area contributed by atoms with Crippen molar-refractivity contribution in [3.05, 3.63) is 23.8 Å². The van der Waals surface area contributed by atoms with E-state index in [0.717, 1.165) is 0 Å². The lowest BCUT2D eigenvalue weighted by Gasteiger charge is -2.17. The molecule has 0 heterocycles. The molecule has 0 aliphatic heterocycles. The van der Waals surface area contributed by atoms with Gasteiger partial charge in [-0.3, -0.25) is 4.79 Å². The van der Waals surface area contributed by atoms with Crippen LogP contribution in [0.3, 0.4) is 0 Å². The van der Waals surface area contributed by atoms with Crippen LogP contribution < -0.4 is 15.8 Å². The van der Waals surface area contributed by atoms with Crippen molar-refractivity contribution in [1.29, 1.82) is 0 Å². The van der Waals surface area contributed by atoms with Crippen molar-refractivity contribution in [3.63, 3.8) is 0 Å². The number of ether oxygens (including phenoxy) is 2. The van der Waals surface area contributed by atoms with E-state index in [2.05, 4.69) is 5.32 Å². The fourth-order valence-corrected chi connectivity index (χ4v) is 1.69. The molecule has 1 unspecified atom stereocenters. The van der Waals surface area contributed by atoms with Crippen LogP contribution in [0.5, 0.6) is 11.5 Å². The number of nitrogens with two attached hydrogens (primary N) is 1. The lowest BCUT2D eigenvalue weighted by atomic mass is 10.1. The summed E-state index contributed by atoms with van der Waals surface area (Å²) in [7, 11) is 3.05. The number of hydrogen-bond acceptors (Lipinski definition) is 5. The summed E-state index contributed by atoms with van der Waals surface area (Å²) in [6, 6.07) is 4.30. The number of hydrogen-bond donors (Lipinski definition) is 3. The second-order valence-corrected chi connectivity index (χ2v) is 4.09. The molecule has 0 bridgehead atoms. The SMILES string of the molecule is COCC(CCN)NC(=O)c1cc(OC)ccc1O. The van der Waals surface area contributed by atoms with Crippen LogP contribution in [0.4, 0.5) is 0 Å². The molecule has 0 aliphatic carbocycles. The molecule has 106 valence electrons. The third-order valence-electron chi connectivity index (χ3n) is 2.67. The molecule has 6 nitrogen and oxygen atoms in total. The third kappa shape index (κ3) is 4.42. The van der Waals surface area contributed by atoms with Crippen molar-refractivity contribution in [1.82, 2.24) is 5.32 Å². The standard InChI is InChI=1S/C13H20N2O4/c1-18-8-9(5-6-14)15-13(17)11-7-10(19-2)3-4-12(11)16/h3-4,7,9,16H,5-6,8,14H2,1-2H3,(H,15,17). The third-order valence-corrected chi connectivity index (χ3v) is 2.67. The van der Waals surface area contributed by atoms with Gasteiger partial charge in [-0.25, -0.2) is 0 Å². The zero-order valence-electron chi connectivity index (χ0n) is 11.2. The molecular weight excluding hydrogens is 248 g/mol. The molecular formula is C13H20N2O4. The van der Waals surface area contributed by atoms with Crippen molar-refractivity contribution in [3.8, 4) is 11.5 Å². The number of carbonyl (C=O) groups is 1. The maximum Gasteiger partial charge on any atom is 0.255 e. The van der Waals surface area contributed by atoms with Gasteiger partial charge in [-0.05, 0) is 31.2 Å². The second-order valence-electron chi connectivity index (χ2n) is 4.09. The maximum atomic E-state index is 12.1. The van der Waals surface area contributed by atoms with Gasteiger partial charge >= 0.3 is 0 Å². The van der Waals surface area contributed by atoms with Crippen molar-refractivity contribution in [2.24, 2.45) is 5.73 Å². The van der Waals surface area contributed by atoms with E-state index < -0.39 is 0 Å². The number of amides is 1. The Kier molecular flexibility index (Phi) is 6.11. The Morgan fingerprint density at radius 1 is 1.47 bits per heavy atom. The smallest absolute Gasteiger partial charge is 0.255 e. The lowest BCUT2D eigenvalue weighted by Crippen LogP contribution is -2.39. The number of phenolic OH excluding ortho intramolecular Hbond substituents is 1. The Morgan fingerprint density at radius 2 is 2.21 bits per heavy atom. The highest BCUT2D eigenvalue weighted by Gasteiger charge is 2.16. The minimum Gasteiger partial charge on any atom is -0.507 e. The minimum absolute atomic E-state index is 0.0952. The molecule has 1 amide bonds. The largest absolute Gasteiger partial charge is 0.507 e. The number of nitrogens with one attached hydrogen (secondary N) is 1. The molecule has 1 aromatic rings. The fraction of sp³-hybridized carbons (Fsp3) is 0.462. The molecule has 0 aliphatic rings. The molecule has 6 heteroatoms. The van der Waals surface area contributed by atoms with E-state index in [-0.39, 0.29) is 23.3 Å². The van der Waals surface area contributed by atoms with Crippen LogP contribution in [0.2, 0.25) is 0 Å². The van der Waals surface area contributed by atoms with Crippen LogP contribution >= 0.6 is 0 Å². The van der Waals surface area contributed by atoms with Crippen LogP contribution in [-0.2, 0) is 4.74 Å². The van der Waals surface area contributed by atoms with Gasteiger partial charge in [0.25, 0.3) is 5.91 Å². The molecule has 1 rings (SSSR count). The van der Waals surface area contributed by atoms with Crippen LogP contribution in [0.1, 0.15) is 16.8 Å². The Hall–Kier alpha value is -1.79. The highest BCUT2D eigenvalue weighted by molar-refractivity contribution is 5.97. The molecule has 1 aromatic carbocycles. The monoisotopic (exact) mass is 268 g/mol. The van der Waals surface area contributed by atoms with Gasteiger partial charge in [-0.2, -0.15) is 0 Å². The van der Waals surface area contributed by atoms with Crippen molar-refractivity contribution >= 4 is 5.91 Å². The van der Waals surface area contributed by atoms with Crippen LogP contribution in [0.15, 0.2) is 18.2 Å². The van der Waals surface area contributed by atoms with Gasteiger partial charge in [0, 0.05) is 7.11 Å². The summed E-state index contributed by atoms with van der Waals surface area (Å²) in [5, 5.41) is 12.5. The van der Waals surface area contributed by atoms with E-state index in [4.69, 9.17) is 15.2 Å². The van der Waals surface area contributed by atoms with Crippen LogP contribution in [0.25, 0.3) is 0 Å². The quantitative estimate of drug-likeness (QED) is 0.669. The van der Waals surface area contributed by atoms with Gasteiger partial charge in [-0.15, -0.1) is 0 Å². The van der Waals surface area contributed by atoms with Crippen molar-refractivity contribution in [2.45, 2.75) is 12.5 Å². The van der Waals surface area contributed by atoms with Gasteiger partial charge in [0.15, 0.2) is 0 Å². The number of methoxy groups -OCH3 is 2. The number of phenols is 1. The zero-order chi connectivity index (χ0) is 14.3. The van der Waals surface area contributed by atoms with Crippen molar-refractivity contribution in [2.75, 3.05) is 27.4 Å². The van der Waals surface area contributed by atoms with E-state index >= 15 is 0 Å². The summed E-state index contributed by atoms with van der Waals surface area (Å²) >= 11 is 0. The average Bonchev–Trinajstić information content (AvgIpc) is 2.39. The normalized spacial score (nSPS) is 11.9. The molecule has 0 aromatic heterocycles. The fourth-order valence-electron chi connectivity index (χ4n) is 1.69. The molecule has 0 saturated carbocycles. The van der Waals surface area contributed by atoms with Gasteiger partial charge < -0.3 is 25.6 Å². The van der Waals surface area contributed by atoms with Crippen LogP contribution in [0, 0.1) is 0 Å². The summed E-state index contributed by atoms with van der Waals surface area (Å²) in [6.07, 6.45) is 0.601. The predicted molar refractivity (Wildman–Crippen MR) is 71.5 cm³/mol. The Bertz CT molecular complexity index is 417. The minimum atomic E-state index is -0.382. The van der Waals surface area contributed by atoms with E-state index in [0.29, 0.717) is 25.3 Å². The van der Waals surface area contributed by atoms with Gasteiger partial charge in [-0.1, -0.05) is 0 Å². The summed E-state index contributed by atoms with van der Waals surface area (Å²) in [6.45, 7) is 0.812. The topological polar surface area (TPSA) is 93.8 Å². The molecule has 0 fully saturated rings. The highest BCUT2D eigenvalue weighted by Crippen LogP contribution is 2.22. The maximum absolute atomic E-state index is 12.1. The van der Waals surface area contributed by atoms with E-state index in [1.807, 2.05) is 0 Å². The summed E-state index contributed by atoms with van der Waals surface area (Å²) in [5.74, 6) is 0.0270. The Morgan fingerprint density at radius 3 is 2.79 bits per heavy atom. The first-order valence-electron chi connectivity index (χ1n) is 5.99. The first kappa shape index (κ1) is 15.3. The molecule has 4 N–H and O–H groups in total. The molecule has 0 spiro atoms. The summed E-state index contributed by atoms with van der Waals surface area (Å²) in [5.41, 5.74) is 5.64. The molecule has 0 radical (unpaired) electrons. The van der Waals surface area contributed by atoms with Crippen molar-refractivity contribution < 1.29 is 19.4 Å². The van der Waals surface area contributed by atoms with Gasteiger partial charge in [0.05, 0.1) is 25.3 Å². The summed E-state index contributed by atoms with van der Waals surface area (Å²) < 4.78 is 10.0. The van der Waals surface area contributed by atoms with Gasteiger partial charge in [0.1, 0.15) is 11.5 Å². The van der Waals surface area contributed by atoms with Crippen LogP contribution in [-0.4, -0.2) is 44.4 Å².